The molecule has 0 atom stereocenters. The van der Waals surface area contributed by atoms with Gasteiger partial charge in [0.2, 0.25) is 5.78 Å². The predicted molar refractivity (Wildman–Crippen MR) is 103 cm³/mol. The standard InChI is InChI=1S/C20H20ClNO7/c1-10-16(20(25)26-3)11(2)22-17(10)14(23)9-29-19(24)12-7-13(21)18-15(8-12)27-5-4-6-28-18/h7-8,22H,4-6,9H2,1-3H3. The topological polar surface area (TPSA) is 104 Å². The quantitative estimate of drug-likeness (QED) is 0.583. The number of H-pyrrole nitrogens is 1. The lowest BCUT2D eigenvalue weighted by molar-refractivity contribution is 0.0472. The Balaban J connectivity index is 1.73. The van der Waals surface area contributed by atoms with Gasteiger partial charge in [0.25, 0.3) is 0 Å². The predicted octanol–water partition coefficient (Wildman–Crippen LogP) is 3.27. The zero-order valence-electron chi connectivity index (χ0n) is 16.2. The van der Waals surface area contributed by atoms with Crippen LogP contribution in [0.4, 0.5) is 0 Å². The molecule has 0 aliphatic carbocycles. The highest BCUT2D eigenvalue weighted by molar-refractivity contribution is 6.32. The number of carbonyl (C=O) groups is 3. The van der Waals surface area contributed by atoms with E-state index in [0.717, 1.165) is 0 Å². The van der Waals surface area contributed by atoms with Crippen LogP contribution in [0.1, 0.15) is 48.9 Å². The first-order valence-electron chi connectivity index (χ1n) is 8.90. The van der Waals surface area contributed by atoms with Gasteiger partial charge in [0.05, 0.1) is 42.2 Å². The van der Waals surface area contributed by atoms with Crippen molar-refractivity contribution in [2.24, 2.45) is 0 Å². The zero-order valence-corrected chi connectivity index (χ0v) is 17.0. The van der Waals surface area contributed by atoms with E-state index in [0.29, 0.717) is 42.4 Å². The highest BCUT2D eigenvalue weighted by atomic mass is 35.5. The van der Waals surface area contributed by atoms with Crippen molar-refractivity contribution in [3.63, 3.8) is 0 Å². The van der Waals surface area contributed by atoms with Crippen molar-refractivity contribution >= 4 is 29.3 Å². The summed E-state index contributed by atoms with van der Waals surface area (Å²) in [4.78, 5) is 39.6. The maximum absolute atomic E-state index is 12.5. The molecule has 0 saturated carbocycles. The van der Waals surface area contributed by atoms with Crippen LogP contribution in [0.2, 0.25) is 5.02 Å². The first-order valence-corrected chi connectivity index (χ1v) is 9.28. The fourth-order valence-corrected chi connectivity index (χ4v) is 3.34. The molecule has 0 fully saturated rings. The number of fused-ring (bicyclic) bond motifs is 1. The number of hydrogen-bond acceptors (Lipinski definition) is 7. The average Bonchev–Trinajstić information content (AvgIpc) is 2.86. The van der Waals surface area contributed by atoms with Gasteiger partial charge in [0.15, 0.2) is 18.1 Å². The molecule has 8 nitrogen and oxygen atoms in total. The van der Waals surface area contributed by atoms with Crippen LogP contribution in [0.25, 0.3) is 0 Å². The van der Waals surface area contributed by atoms with Crippen molar-refractivity contribution in [2.75, 3.05) is 26.9 Å². The van der Waals surface area contributed by atoms with Crippen LogP contribution in [0.5, 0.6) is 11.5 Å². The Morgan fingerprint density at radius 3 is 2.59 bits per heavy atom. The lowest BCUT2D eigenvalue weighted by Crippen LogP contribution is -2.16. The smallest absolute Gasteiger partial charge is 0.339 e. The second kappa shape index (κ2) is 8.57. The average molecular weight is 422 g/mol. The number of aromatic nitrogens is 1. The number of ether oxygens (including phenoxy) is 4. The Morgan fingerprint density at radius 1 is 1.14 bits per heavy atom. The molecule has 1 aromatic heterocycles. The minimum Gasteiger partial charge on any atom is -0.489 e. The zero-order chi connectivity index (χ0) is 21.1. The first-order chi connectivity index (χ1) is 13.8. The van der Waals surface area contributed by atoms with E-state index >= 15 is 0 Å². The number of aromatic amines is 1. The van der Waals surface area contributed by atoms with Gasteiger partial charge < -0.3 is 23.9 Å². The lowest BCUT2D eigenvalue weighted by atomic mass is 10.1. The summed E-state index contributed by atoms with van der Waals surface area (Å²) in [5, 5.41) is 0.223. The molecule has 0 radical (unpaired) electrons. The number of ketones is 1. The molecule has 1 aliphatic heterocycles. The van der Waals surface area contributed by atoms with Gasteiger partial charge in [-0.25, -0.2) is 9.59 Å². The molecule has 154 valence electrons. The number of methoxy groups -OCH3 is 1. The highest BCUT2D eigenvalue weighted by Gasteiger charge is 2.24. The molecule has 0 saturated heterocycles. The summed E-state index contributed by atoms with van der Waals surface area (Å²) in [7, 11) is 1.26. The molecular weight excluding hydrogens is 402 g/mol. The van der Waals surface area contributed by atoms with Crippen molar-refractivity contribution in [3.05, 3.63) is 45.2 Å². The largest absolute Gasteiger partial charge is 0.489 e. The molecule has 2 heterocycles. The summed E-state index contributed by atoms with van der Waals surface area (Å²) in [6, 6.07) is 2.88. The third-order valence-electron chi connectivity index (χ3n) is 4.48. The van der Waals surface area contributed by atoms with Gasteiger partial charge >= 0.3 is 11.9 Å². The summed E-state index contributed by atoms with van der Waals surface area (Å²) in [5.74, 6) is -1.02. The molecule has 1 aromatic carbocycles. The fraction of sp³-hybridized carbons (Fsp3) is 0.350. The molecule has 1 aliphatic rings. The molecule has 0 unspecified atom stereocenters. The number of nitrogens with one attached hydrogen (secondary N) is 1. The maximum atomic E-state index is 12.5. The Morgan fingerprint density at radius 2 is 1.86 bits per heavy atom. The minimum atomic E-state index is -0.731. The van der Waals surface area contributed by atoms with Crippen LogP contribution in [-0.2, 0) is 9.47 Å². The number of Topliss-reactive ketones (excluding diaryl/α,β-unsaturated/α-hetero) is 1. The Labute approximate surface area is 172 Å². The number of hydrogen-bond donors (Lipinski definition) is 1. The van der Waals surface area contributed by atoms with Crippen LogP contribution < -0.4 is 9.47 Å². The van der Waals surface area contributed by atoms with E-state index < -0.39 is 24.3 Å². The minimum absolute atomic E-state index is 0.140. The monoisotopic (exact) mass is 421 g/mol. The Kier molecular flexibility index (Phi) is 6.12. The highest BCUT2D eigenvalue weighted by Crippen LogP contribution is 2.38. The van der Waals surface area contributed by atoms with Gasteiger partial charge in [-0.05, 0) is 31.5 Å². The summed E-state index contributed by atoms with van der Waals surface area (Å²) >= 11 is 6.18. The number of rotatable bonds is 5. The maximum Gasteiger partial charge on any atom is 0.339 e. The molecule has 29 heavy (non-hydrogen) atoms. The van der Waals surface area contributed by atoms with Gasteiger partial charge in [-0.15, -0.1) is 0 Å². The van der Waals surface area contributed by atoms with Gasteiger partial charge in [0.1, 0.15) is 0 Å². The number of carbonyl (C=O) groups excluding carboxylic acids is 3. The normalized spacial score (nSPS) is 12.8. The number of aryl methyl sites for hydroxylation is 1. The first kappa shape index (κ1) is 20.7. The van der Waals surface area contributed by atoms with E-state index in [1.54, 1.807) is 13.8 Å². The molecular formula is C20H20ClNO7. The molecule has 3 rings (SSSR count). The van der Waals surface area contributed by atoms with Gasteiger partial charge in [-0.2, -0.15) is 0 Å². The number of benzene rings is 1. The summed E-state index contributed by atoms with van der Waals surface area (Å²) in [5.41, 5.74) is 1.55. The second-order valence-corrected chi connectivity index (χ2v) is 6.86. The van der Waals surface area contributed by atoms with Crippen LogP contribution in [-0.4, -0.2) is 49.6 Å². The van der Waals surface area contributed by atoms with Gasteiger partial charge in [-0.3, -0.25) is 4.79 Å². The van der Waals surface area contributed by atoms with Crippen molar-refractivity contribution in [1.82, 2.24) is 4.98 Å². The SMILES string of the molecule is COC(=O)c1c(C)[nH]c(C(=O)COC(=O)c2cc(Cl)c3c(c2)OCCCO3)c1C. The molecule has 9 heteroatoms. The van der Waals surface area contributed by atoms with Crippen LogP contribution >= 0.6 is 11.6 Å². The van der Waals surface area contributed by atoms with Crippen molar-refractivity contribution in [1.29, 1.82) is 0 Å². The summed E-state index contributed by atoms with van der Waals surface area (Å²) in [6.45, 7) is 3.67. The lowest BCUT2D eigenvalue weighted by Gasteiger charge is -2.11. The van der Waals surface area contributed by atoms with Crippen LogP contribution in [0.3, 0.4) is 0 Å². The van der Waals surface area contributed by atoms with Gasteiger partial charge in [0, 0.05) is 12.1 Å². The third kappa shape index (κ3) is 4.22. The Bertz CT molecular complexity index is 980. The Hall–Kier alpha value is -3.00. The molecule has 0 spiro atoms. The van der Waals surface area contributed by atoms with Crippen molar-refractivity contribution in [2.45, 2.75) is 20.3 Å². The fourth-order valence-electron chi connectivity index (χ4n) is 3.07. The van der Waals surface area contributed by atoms with E-state index in [1.165, 1.54) is 19.2 Å². The summed E-state index contributed by atoms with van der Waals surface area (Å²) < 4.78 is 20.9. The van der Waals surface area contributed by atoms with Crippen LogP contribution in [0.15, 0.2) is 12.1 Å². The van der Waals surface area contributed by atoms with E-state index in [4.69, 9.17) is 30.5 Å². The number of halogens is 1. The molecule has 0 amide bonds. The van der Waals surface area contributed by atoms with Crippen molar-refractivity contribution < 1.29 is 33.3 Å². The van der Waals surface area contributed by atoms with E-state index in [2.05, 4.69) is 4.98 Å². The van der Waals surface area contributed by atoms with E-state index in [9.17, 15) is 14.4 Å². The van der Waals surface area contributed by atoms with Crippen LogP contribution in [0, 0.1) is 13.8 Å². The van der Waals surface area contributed by atoms with Gasteiger partial charge in [-0.1, -0.05) is 11.6 Å². The van der Waals surface area contributed by atoms with E-state index in [1.807, 2.05) is 0 Å². The molecule has 1 N–H and O–H groups in total. The second-order valence-electron chi connectivity index (χ2n) is 6.45. The summed E-state index contributed by atoms with van der Waals surface area (Å²) in [6.07, 6.45) is 0.696. The van der Waals surface area contributed by atoms with Crippen molar-refractivity contribution in [3.8, 4) is 11.5 Å². The third-order valence-corrected chi connectivity index (χ3v) is 4.76. The van der Waals surface area contributed by atoms with E-state index in [-0.39, 0.29) is 21.8 Å². The molecule has 2 aromatic rings. The molecule has 0 bridgehead atoms. The number of esters is 2.